The topological polar surface area (TPSA) is 61.0 Å². The van der Waals surface area contributed by atoms with E-state index in [1.807, 2.05) is 12.3 Å². The van der Waals surface area contributed by atoms with E-state index >= 15 is 0 Å². The Hall–Kier alpha value is -3.69. The van der Waals surface area contributed by atoms with Crippen molar-refractivity contribution in [3.8, 4) is 6.07 Å². The van der Waals surface area contributed by atoms with Crippen LogP contribution in [0.4, 0.5) is 5.82 Å². The molecule has 0 N–H and O–H groups in total. The van der Waals surface area contributed by atoms with E-state index in [0.717, 1.165) is 69.0 Å². The molecule has 1 saturated heterocycles. The smallest absolute Gasteiger partial charge is 0.156 e. The molecule has 0 aliphatic carbocycles. The molecule has 0 spiro atoms. The van der Waals surface area contributed by atoms with Crippen molar-refractivity contribution >= 4 is 16.9 Å². The van der Waals surface area contributed by atoms with Gasteiger partial charge in [-0.3, -0.25) is 4.90 Å². The molecule has 2 aromatic carbocycles. The number of benzene rings is 2. The summed E-state index contributed by atoms with van der Waals surface area (Å²) >= 11 is 0. The van der Waals surface area contributed by atoms with E-state index in [2.05, 4.69) is 85.0 Å². The van der Waals surface area contributed by atoms with Crippen LogP contribution in [-0.2, 0) is 19.4 Å². The monoisotopic (exact) mass is 436 g/mol. The molecule has 0 amide bonds. The van der Waals surface area contributed by atoms with Gasteiger partial charge in [0.25, 0.3) is 0 Å². The van der Waals surface area contributed by atoms with Crippen LogP contribution in [0.1, 0.15) is 16.7 Å². The van der Waals surface area contributed by atoms with Crippen molar-refractivity contribution in [3.05, 3.63) is 89.9 Å². The quantitative estimate of drug-likeness (QED) is 0.440. The third-order valence-corrected chi connectivity index (χ3v) is 6.47. The Balaban J connectivity index is 1.32. The lowest BCUT2D eigenvalue weighted by Gasteiger charge is -2.35. The number of hydrogen-bond donors (Lipinski definition) is 0. The molecule has 1 aliphatic rings. The second-order valence-electron chi connectivity index (χ2n) is 8.54. The first kappa shape index (κ1) is 21.2. The fourth-order valence-electron chi connectivity index (χ4n) is 4.61. The Morgan fingerprint density at radius 3 is 2.06 bits per heavy atom. The molecule has 0 bridgehead atoms. The van der Waals surface area contributed by atoms with E-state index in [-0.39, 0.29) is 0 Å². The highest BCUT2D eigenvalue weighted by Gasteiger charge is 2.23. The Bertz CT molecular complexity index is 1230. The molecule has 5 rings (SSSR count). The maximum absolute atomic E-state index is 9.68. The average molecular weight is 437 g/mol. The average Bonchev–Trinajstić information content (AvgIpc) is 3.26. The van der Waals surface area contributed by atoms with Gasteiger partial charge in [-0.1, -0.05) is 60.7 Å². The van der Waals surface area contributed by atoms with Crippen molar-refractivity contribution < 1.29 is 0 Å². The number of rotatable bonds is 7. The van der Waals surface area contributed by atoms with Crippen molar-refractivity contribution in [2.24, 2.45) is 0 Å². The molecule has 0 atom stereocenters. The normalized spacial score (nSPS) is 14.5. The minimum absolute atomic E-state index is 0.614. The summed E-state index contributed by atoms with van der Waals surface area (Å²) in [6, 6.07) is 23.4. The lowest BCUT2D eigenvalue weighted by molar-refractivity contribution is 0.260. The van der Waals surface area contributed by atoms with Gasteiger partial charge in [0, 0.05) is 45.5 Å². The number of hydrogen-bond acceptors (Lipinski definition) is 5. The molecular formula is C27H28N6. The van der Waals surface area contributed by atoms with Gasteiger partial charge in [-0.25, -0.2) is 9.97 Å². The summed E-state index contributed by atoms with van der Waals surface area (Å²) in [5.74, 6) is 0.942. The standard InChI is InChI=1S/C27H28N6/c28-19-24-20-33(14-12-23-9-5-2-6-10-23)26-25(24)29-21-30-27(26)32-17-15-31(16-18-32)13-11-22-7-3-1-4-8-22/h1-10,20-21H,11-18H2. The molecule has 166 valence electrons. The highest BCUT2D eigenvalue weighted by molar-refractivity contribution is 5.91. The number of nitrogens with zero attached hydrogens (tertiary/aromatic N) is 6. The molecular weight excluding hydrogens is 408 g/mol. The second-order valence-corrected chi connectivity index (χ2v) is 8.54. The predicted molar refractivity (Wildman–Crippen MR) is 131 cm³/mol. The Morgan fingerprint density at radius 2 is 1.42 bits per heavy atom. The third kappa shape index (κ3) is 4.74. The fourth-order valence-corrected chi connectivity index (χ4v) is 4.61. The molecule has 6 heteroatoms. The first-order chi connectivity index (χ1) is 16.3. The van der Waals surface area contributed by atoms with Crippen LogP contribution in [-0.4, -0.2) is 52.2 Å². The zero-order valence-electron chi connectivity index (χ0n) is 18.8. The second kappa shape index (κ2) is 9.85. The van der Waals surface area contributed by atoms with Crippen molar-refractivity contribution in [1.82, 2.24) is 19.4 Å². The van der Waals surface area contributed by atoms with Gasteiger partial charge >= 0.3 is 0 Å². The number of anilines is 1. The van der Waals surface area contributed by atoms with E-state index in [0.29, 0.717) is 5.56 Å². The van der Waals surface area contributed by atoms with Crippen molar-refractivity contribution in [2.75, 3.05) is 37.6 Å². The Morgan fingerprint density at radius 1 is 0.788 bits per heavy atom. The maximum Gasteiger partial charge on any atom is 0.156 e. The fraction of sp³-hybridized carbons (Fsp3) is 0.296. The van der Waals surface area contributed by atoms with Crippen LogP contribution in [0.3, 0.4) is 0 Å². The maximum atomic E-state index is 9.68. The van der Waals surface area contributed by atoms with E-state index < -0.39 is 0 Å². The predicted octanol–water partition coefficient (Wildman–Crippen LogP) is 3.91. The highest BCUT2D eigenvalue weighted by atomic mass is 15.3. The molecule has 2 aromatic heterocycles. The highest BCUT2D eigenvalue weighted by Crippen LogP contribution is 2.28. The van der Waals surface area contributed by atoms with E-state index in [4.69, 9.17) is 0 Å². The minimum Gasteiger partial charge on any atom is -0.352 e. The number of fused-ring (bicyclic) bond motifs is 1. The summed E-state index contributed by atoms with van der Waals surface area (Å²) < 4.78 is 2.16. The summed E-state index contributed by atoms with van der Waals surface area (Å²) in [5, 5.41) is 9.68. The van der Waals surface area contributed by atoms with Crippen LogP contribution in [0.25, 0.3) is 11.0 Å². The number of nitriles is 1. The summed E-state index contributed by atoms with van der Waals surface area (Å²) in [5.41, 5.74) is 5.01. The lowest BCUT2D eigenvalue weighted by atomic mass is 10.1. The summed E-state index contributed by atoms with van der Waals surface area (Å²) in [6.45, 7) is 5.73. The summed E-state index contributed by atoms with van der Waals surface area (Å²) in [4.78, 5) is 14.0. The van der Waals surface area contributed by atoms with Gasteiger partial charge in [0.2, 0.25) is 0 Å². The first-order valence-corrected chi connectivity index (χ1v) is 11.6. The SMILES string of the molecule is N#Cc1cn(CCc2ccccc2)c2c(N3CCN(CCc4ccccc4)CC3)ncnc12. The van der Waals surface area contributed by atoms with Gasteiger partial charge in [0.15, 0.2) is 5.82 Å². The van der Waals surface area contributed by atoms with Gasteiger partial charge in [-0.05, 0) is 24.0 Å². The van der Waals surface area contributed by atoms with Gasteiger partial charge in [0.1, 0.15) is 23.4 Å². The molecule has 1 aliphatic heterocycles. The molecule has 0 unspecified atom stereocenters. The van der Waals surface area contributed by atoms with Crippen LogP contribution < -0.4 is 4.90 Å². The van der Waals surface area contributed by atoms with Crippen molar-refractivity contribution in [3.63, 3.8) is 0 Å². The van der Waals surface area contributed by atoms with Crippen LogP contribution in [0, 0.1) is 11.3 Å². The Kier molecular flexibility index (Phi) is 6.32. The third-order valence-electron chi connectivity index (χ3n) is 6.47. The summed E-state index contributed by atoms with van der Waals surface area (Å²) in [6.07, 6.45) is 5.51. The zero-order valence-corrected chi connectivity index (χ0v) is 18.8. The lowest BCUT2D eigenvalue weighted by Crippen LogP contribution is -2.47. The Labute approximate surface area is 194 Å². The number of aryl methyl sites for hydroxylation is 2. The molecule has 1 fully saturated rings. The van der Waals surface area contributed by atoms with Gasteiger partial charge in [-0.15, -0.1) is 0 Å². The van der Waals surface area contributed by atoms with Crippen molar-refractivity contribution in [2.45, 2.75) is 19.4 Å². The van der Waals surface area contributed by atoms with Crippen LogP contribution in [0.15, 0.2) is 73.2 Å². The molecule has 0 saturated carbocycles. The first-order valence-electron chi connectivity index (χ1n) is 11.6. The number of piperazine rings is 1. The molecule has 33 heavy (non-hydrogen) atoms. The van der Waals surface area contributed by atoms with Crippen LogP contribution in [0.2, 0.25) is 0 Å². The van der Waals surface area contributed by atoms with Crippen molar-refractivity contribution in [1.29, 1.82) is 5.26 Å². The van der Waals surface area contributed by atoms with Gasteiger partial charge in [0.05, 0.1) is 5.56 Å². The molecule has 3 heterocycles. The van der Waals surface area contributed by atoms with Crippen LogP contribution >= 0.6 is 0 Å². The van der Waals surface area contributed by atoms with E-state index in [9.17, 15) is 5.26 Å². The minimum atomic E-state index is 0.614. The van der Waals surface area contributed by atoms with E-state index in [1.54, 1.807) is 6.33 Å². The van der Waals surface area contributed by atoms with Gasteiger partial charge < -0.3 is 9.47 Å². The largest absolute Gasteiger partial charge is 0.352 e. The van der Waals surface area contributed by atoms with Gasteiger partial charge in [-0.2, -0.15) is 5.26 Å². The van der Waals surface area contributed by atoms with Crippen LogP contribution in [0.5, 0.6) is 0 Å². The number of aromatic nitrogens is 3. The zero-order chi connectivity index (χ0) is 22.5. The van der Waals surface area contributed by atoms with E-state index in [1.165, 1.54) is 11.1 Å². The molecule has 4 aromatic rings. The molecule has 0 radical (unpaired) electrons. The molecule has 6 nitrogen and oxygen atoms in total. The summed E-state index contributed by atoms with van der Waals surface area (Å²) in [7, 11) is 0.